The summed E-state index contributed by atoms with van der Waals surface area (Å²) in [6, 6.07) is 5.31. The molecule has 0 spiro atoms. The molecule has 2 amide bonds. The molecule has 7 heteroatoms. The van der Waals surface area contributed by atoms with E-state index in [0.29, 0.717) is 30.9 Å². The largest absolute Gasteiger partial charge is 0.474 e. The van der Waals surface area contributed by atoms with E-state index in [2.05, 4.69) is 25.6 Å². The van der Waals surface area contributed by atoms with Gasteiger partial charge in [0.05, 0.1) is 12.2 Å². The van der Waals surface area contributed by atoms with Gasteiger partial charge in [0.1, 0.15) is 11.9 Å². The molecule has 0 aromatic carbocycles. The molecule has 0 bridgehead atoms. The molecule has 25 heavy (non-hydrogen) atoms. The fourth-order valence-corrected chi connectivity index (χ4v) is 2.78. The van der Waals surface area contributed by atoms with Crippen LogP contribution in [0.2, 0.25) is 0 Å². The van der Waals surface area contributed by atoms with Crippen molar-refractivity contribution in [3.05, 3.63) is 47.7 Å². The van der Waals surface area contributed by atoms with Gasteiger partial charge < -0.3 is 15.4 Å². The van der Waals surface area contributed by atoms with Crippen molar-refractivity contribution in [2.45, 2.75) is 51.8 Å². The first-order valence-corrected chi connectivity index (χ1v) is 8.61. The summed E-state index contributed by atoms with van der Waals surface area (Å²) in [6.07, 6.45) is 8.39. The van der Waals surface area contributed by atoms with Crippen molar-refractivity contribution in [2.75, 3.05) is 0 Å². The quantitative estimate of drug-likeness (QED) is 0.843. The lowest BCUT2D eigenvalue weighted by molar-refractivity contribution is 0.201. The highest BCUT2D eigenvalue weighted by molar-refractivity contribution is 5.73. The number of carbonyl (C=O) groups is 1. The number of amides is 2. The lowest BCUT2D eigenvalue weighted by Crippen LogP contribution is -2.34. The number of hydrogen-bond acceptors (Lipinski definition) is 5. The predicted molar refractivity (Wildman–Crippen MR) is 93.0 cm³/mol. The summed E-state index contributed by atoms with van der Waals surface area (Å²) in [5.74, 6) is 1.34. The highest BCUT2D eigenvalue weighted by Gasteiger charge is 2.16. The molecule has 2 N–H and O–H groups in total. The van der Waals surface area contributed by atoms with Crippen LogP contribution in [0.25, 0.3) is 0 Å². The summed E-state index contributed by atoms with van der Waals surface area (Å²) in [6.45, 7) is 2.59. The molecule has 1 fully saturated rings. The molecule has 0 aliphatic heterocycles. The van der Waals surface area contributed by atoms with E-state index in [1.54, 1.807) is 18.5 Å². The average molecular weight is 341 g/mol. The monoisotopic (exact) mass is 341 g/mol. The summed E-state index contributed by atoms with van der Waals surface area (Å²) in [4.78, 5) is 24.4. The Morgan fingerprint density at radius 2 is 1.96 bits per heavy atom. The van der Waals surface area contributed by atoms with Crippen molar-refractivity contribution in [2.24, 2.45) is 0 Å². The SMILES string of the molecule is Cc1nccc(CNC(=O)NCc2ccc(OC3CCCC3)nc2)n1. The van der Waals surface area contributed by atoms with Crippen molar-refractivity contribution >= 4 is 6.03 Å². The Hall–Kier alpha value is -2.70. The minimum absolute atomic E-state index is 0.248. The van der Waals surface area contributed by atoms with Crippen LogP contribution in [0.4, 0.5) is 4.79 Å². The lowest BCUT2D eigenvalue weighted by Gasteiger charge is -2.12. The first-order chi connectivity index (χ1) is 12.2. The minimum atomic E-state index is -0.248. The van der Waals surface area contributed by atoms with E-state index < -0.39 is 0 Å². The molecule has 0 atom stereocenters. The van der Waals surface area contributed by atoms with Gasteiger partial charge in [-0.05, 0) is 44.2 Å². The van der Waals surface area contributed by atoms with E-state index >= 15 is 0 Å². The van der Waals surface area contributed by atoms with Gasteiger partial charge in [0.15, 0.2) is 0 Å². The van der Waals surface area contributed by atoms with Crippen molar-refractivity contribution in [1.29, 1.82) is 0 Å². The summed E-state index contributed by atoms with van der Waals surface area (Å²) in [5, 5.41) is 5.57. The first-order valence-electron chi connectivity index (χ1n) is 8.61. The molecule has 0 radical (unpaired) electrons. The second-order valence-electron chi connectivity index (χ2n) is 6.16. The van der Waals surface area contributed by atoms with Crippen LogP contribution in [0.5, 0.6) is 5.88 Å². The highest BCUT2D eigenvalue weighted by Crippen LogP contribution is 2.22. The molecule has 2 heterocycles. The van der Waals surface area contributed by atoms with Crippen LogP contribution in [0.1, 0.15) is 42.8 Å². The van der Waals surface area contributed by atoms with E-state index in [9.17, 15) is 4.79 Å². The smallest absolute Gasteiger partial charge is 0.315 e. The Morgan fingerprint density at radius 3 is 2.68 bits per heavy atom. The number of hydrogen-bond donors (Lipinski definition) is 2. The Labute approximate surface area is 147 Å². The summed E-state index contributed by atoms with van der Waals surface area (Å²) >= 11 is 0. The maximum absolute atomic E-state index is 11.9. The summed E-state index contributed by atoms with van der Waals surface area (Å²) in [5.41, 5.74) is 1.70. The number of nitrogens with zero attached hydrogens (tertiary/aromatic N) is 3. The number of rotatable bonds is 6. The van der Waals surface area contributed by atoms with Gasteiger partial charge in [-0.15, -0.1) is 0 Å². The number of aryl methyl sites for hydroxylation is 1. The van der Waals surface area contributed by atoms with Crippen molar-refractivity contribution < 1.29 is 9.53 Å². The van der Waals surface area contributed by atoms with E-state index in [-0.39, 0.29) is 6.03 Å². The van der Waals surface area contributed by atoms with Crippen LogP contribution in [0.15, 0.2) is 30.6 Å². The Kier molecular flexibility index (Phi) is 5.77. The van der Waals surface area contributed by atoms with Gasteiger partial charge in [-0.1, -0.05) is 6.07 Å². The third-order valence-corrected chi connectivity index (χ3v) is 4.10. The minimum Gasteiger partial charge on any atom is -0.474 e. The third kappa shape index (κ3) is 5.41. The number of pyridine rings is 1. The van der Waals surface area contributed by atoms with E-state index in [1.165, 1.54) is 12.8 Å². The second kappa shape index (κ2) is 8.41. The van der Waals surface area contributed by atoms with Gasteiger partial charge in [-0.2, -0.15) is 0 Å². The van der Waals surface area contributed by atoms with Crippen LogP contribution in [-0.2, 0) is 13.1 Å². The first kappa shape index (κ1) is 17.1. The molecule has 1 aliphatic carbocycles. The van der Waals surface area contributed by atoms with Crippen LogP contribution in [0.3, 0.4) is 0 Å². The van der Waals surface area contributed by atoms with E-state index in [1.807, 2.05) is 19.1 Å². The maximum Gasteiger partial charge on any atom is 0.315 e. The third-order valence-electron chi connectivity index (χ3n) is 4.10. The molecule has 132 valence electrons. The Balaban J connectivity index is 1.40. The van der Waals surface area contributed by atoms with Gasteiger partial charge in [0.2, 0.25) is 5.88 Å². The number of aromatic nitrogens is 3. The number of ether oxygens (including phenoxy) is 1. The molecule has 2 aromatic heterocycles. The molecular formula is C18H23N5O2. The molecule has 1 saturated carbocycles. The van der Waals surface area contributed by atoms with Crippen LogP contribution >= 0.6 is 0 Å². The highest BCUT2D eigenvalue weighted by atomic mass is 16.5. The Bertz CT molecular complexity index is 699. The zero-order chi connectivity index (χ0) is 17.5. The molecule has 0 unspecified atom stereocenters. The number of carbonyl (C=O) groups excluding carboxylic acids is 1. The van der Waals surface area contributed by atoms with Crippen LogP contribution in [0, 0.1) is 6.92 Å². The molecule has 0 saturated heterocycles. The van der Waals surface area contributed by atoms with Crippen molar-refractivity contribution in [3.63, 3.8) is 0 Å². The van der Waals surface area contributed by atoms with Gasteiger partial charge >= 0.3 is 6.03 Å². The summed E-state index contributed by atoms with van der Waals surface area (Å²) in [7, 11) is 0. The number of nitrogens with one attached hydrogen (secondary N) is 2. The zero-order valence-electron chi connectivity index (χ0n) is 14.4. The summed E-state index contributed by atoms with van der Waals surface area (Å²) < 4.78 is 5.83. The zero-order valence-corrected chi connectivity index (χ0v) is 14.4. The molecule has 2 aromatic rings. The van der Waals surface area contributed by atoms with Crippen molar-refractivity contribution in [3.8, 4) is 5.88 Å². The van der Waals surface area contributed by atoms with Crippen LogP contribution < -0.4 is 15.4 Å². The molecular weight excluding hydrogens is 318 g/mol. The Morgan fingerprint density at radius 1 is 1.16 bits per heavy atom. The second-order valence-corrected chi connectivity index (χ2v) is 6.16. The van der Waals surface area contributed by atoms with Gasteiger partial charge in [-0.3, -0.25) is 0 Å². The van der Waals surface area contributed by atoms with Crippen molar-refractivity contribution in [1.82, 2.24) is 25.6 Å². The number of urea groups is 1. The average Bonchev–Trinajstić information content (AvgIpc) is 3.12. The van der Waals surface area contributed by atoms with E-state index in [4.69, 9.17) is 4.74 Å². The normalized spacial score (nSPS) is 14.3. The fourth-order valence-electron chi connectivity index (χ4n) is 2.78. The lowest BCUT2D eigenvalue weighted by atomic mass is 10.3. The van der Waals surface area contributed by atoms with Gasteiger partial charge in [0.25, 0.3) is 0 Å². The van der Waals surface area contributed by atoms with Crippen LogP contribution in [-0.4, -0.2) is 27.1 Å². The molecule has 1 aliphatic rings. The standard InChI is InChI=1S/C18H23N5O2/c1-13-19-9-8-15(23-13)12-22-18(24)21-11-14-6-7-17(20-10-14)25-16-4-2-3-5-16/h6-10,16H,2-5,11-12H2,1H3,(H2,21,22,24). The van der Waals surface area contributed by atoms with E-state index in [0.717, 1.165) is 24.1 Å². The molecule has 7 nitrogen and oxygen atoms in total. The topological polar surface area (TPSA) is 89.0 Å². The van der Waals surface area contributed by atoms with Gasteiger partial charge in [0, 0.05) is 25.0 Å². The maximum atomic E-state index is 11.9. The molecule has 3 rings (SSSR count). The van der Waals surface area contributed by atoms with Gasteiger partial charge in [-0.25, -0.2) is 19.7 Å². The fraction of sp³-hybridized carbons (Fsp3) is 0.444. The predicted octanol–water partition coefficient (Wildman–Crippen LogP) is 2.50.